The van der Waals surface area contributed by atoms with Crippen molar-refractivity contribution in [2.24, 2.45) is 5.73 Å². The molecule has 0 aliphatic heterocycles. The smallest absolute Gasteiger partial charge is 0.0218 e. The van der Waals surface area contributed by atoms with E-state index in [4.69, 9.17) is 5.73 Å². The molecule has 3 heteroatoms. The molecule has 0 saturated carbocycles. The second-order valence-electron chi connectivity index (χ2n) is 5.03. The number of hydrogen-bond acceptors (Lipinski definition) is 3. The maximum Gasteiger partial charge on any atom is 0.0218 e. The standard InChI is InChI=1S/C14H32N2S/c1-5-6-7-8-9-14(12-15)16(3)13(2)10-11-17-4/h13-14H,5-12,15H2,1-4H3. The van der Waals surface area contributed by atoms with Gasteiger partial charge in [0.25, 0.3) is 0 Å². The maximum atomic E-state index is 5.91. The van der Waals surface area contributed by atoms with Gasteiger partial charge in [-0.2, -0.15) is 11.8 Å². The van der Waals surface area contributed by atoms with Crippen molar-refractivity contribution in [3.05, 3.63) is 0 Å². The Hall–Kier alpha value is 0.270. The first-order valence-electron chi connectivity index (χ1n) is 7.08. The molecule has 2 unspecified atom stereocenters. The highest BCUT2D eigenvalue weighted by Crippen LogP contribution is 2.14. The molecule has 2 nitrogen and oxygen atoms in total. The van der Waals surface area contributed by atoms with Crippen LogP contribution in [0.4, 0.5) is 0 Å². The van der Waals surface area contributed by atoms with Gasteiger partial charge in [-0.05, 0) is 38.8 Å². The van der Waals surface area contributed by atoms with Crippen molar-refractivity contribution in [2.45, 2.75) is 64.5 Å². The van der Waals surface area contributed by atoms with Crippen molar-refractivity contribution in [1.29, 1.82) is 0 Å². The van der Waals surface area contributed by atoms with Crippen LogP contribution >= 0.6 is 11.8 Å². The first-order valence-corrected chi connectivity index (χ1v) is 8.47. The molecule has 0 saturated heterocycles. The van der Waals surface area contributed by atoms with Crippen LogP contribution in [-0.2, 0) is 0 Å². The van der Waals surface area contributed by atoms with Gasteiger partial charge < -0.3 is 5.73 Å². The summed E-state index contributed by atoms with van der Waals surface area (Å²) in [5.74, 6) is 1.25. The lowest BCUT2D eigenvalue weighted by Crippen LogP contribution is -2.43. The van der Waals surface area contributed by atoms with Crippen molar-refractivity contribution < 1.29 is 0 Å². The third-order valence-electron chi connectivity index (χ3n) is 3.67. The van der Waals surface area contributed by atoms with E-state index < -0.39 is 0 Å². The van der Waals surface area contributed by atoms with Gasteiger partial charge >= 0.3 is 0 Å². The van der Waals surface area contributed by atoms with E-state index in [1.165, 1.54) is 44.3 Å². The Bertz CT molecular complexity index is 164. The topological polar surface area (TPSA) is 29.3 Å². The lowest BCUT2D eigenvalue weighted by atomic mass is 10.0. The number of thioether (sulfide) groups is 1. The molecule has 2 atom stereocenters. The van der Waals surface area contributed by atoms with E-state index in [0.717, 1.165) is 6.54 Å². The molecule has 104 valence electrons. The van der Waals surface area contributed by atoms with Gasteiger partial charge in [0.1, 0.15) is 0 Å². The third kappa shape index (κ3) is 8.06. The summed E-state index contributed by atoms with van der Waals surface area (Å²) in [5, 5.41) is 0. The summed E-state index contributed by atoms with van der Waals surface area (Å²) in [4.78, 5) is 2.49. The van der Waals surface area contributed by atoms with Crippen LogP contribution in [0.5, 0.6) is 0 Å². The summed E-state index contributed by atoms with van der Waals surface area (Å²) in [6.07, 6.45) is 10.1. The molecule has 0 aliphatic carbocycles. The highest BCUT2D eigenvalue weighted by molar-refractivity contribution is 7.98. The van der Waals surface area contributed by atoms with Crippen molar-refractivity contribution in [3.8, 4) is 0 Å². The molecule has 0 radical (unpaired) electrons. The molecule has 0 amide bonds. The van der Waals surface area contributed by atoms with Crippen LogP contribution in [-0.4, -0.2) is 42.6 Å². The van der Waals surface area contributed by atoms with Crippen LogP contribution in [0.25, 0.3) is 0 Å². The predicted molar refractivity (Wildman–Crippen MR) is 81.8 cm³/mol. The zero-order valence-corrected chi connectivity index (χ0v) is 13.1. The fourth-order valence-electron chi connectivity index (χ4n) is 2.15. The van der Waals surface area contributed by atoms with Gasteiger partial charge in [-0.25, -0.2) is 0 Å². The van der Waals surface area contributed by atoms with E-state index in [9.17, 15) is 0 Å². The maximum absolute atomic E-state index is 5.91. The van der Waals surface area contributed by atoms with E-state index in [0.29, 0.717) is 12.1 Å². The Morgan fingerprint density at radius 3 is 2.41 bits per heavy atom. The Balaban J connectivity index is 3.88. The van der Waals surface area contributed by atoms with Gasteiger partial charge in [-0.15, -0.1) is 0 Å². The zero-order chi connectivity index (χ0) is 13.1. The third-order valence-corrected chi connectivity index (χ3v) is 4.32. The first kappa shape index (κ1) is 17.3. The van der Waals surface area contributed by atoms with Gasteiger partial charge in [0, 0.05) is 18.6 Å². The number of unbranched alkanes of at least 4 members (excludes halogenated alkanes) is 3. The highest BCUT2D eigenvalue weighted by Gasteiger charge is 2.17. The summed E-state index contributed by atoms with van der Waals surface area (Å²) >= 11 is 1.93. The molecule has 0 aromatic carbocycles. The van der Waals surface area contributed by atoms with Crippen molar-refractivity contribution in [2.75, 3.05) is 25.6 Å². The largest absolute Gasteiger partial charge is 0.329 e. The van der Waals surface area contributed by atoms with Crippen LogP contribution in [0, 0.1) is 0 Å². The van der Waals surface area contributed by atoms with Gasteiger partial charge in [-0.3, -0.25) is 4.90 Å². The van der Waals surface area contributed by atoms with E-state index in [2.05, 4.69) is 32.1 Å². The molecule has 17 heavy (non-hydrogen) atoms. The lowest BCUT2D eigenvalue weighted by Gasteiger charge is -2.32. The van der Waals surface area contributed by atoms with Gasteiger partial charge in [-0.1, -0.05) is 32.6 Å². The predicted octanol–water partition coefficient (Wildman–Crippen LogP) is 3.36. The summed E-state index contributed by atoms with van der Waals surface area (Å²) in [5.41, 5.74) is 5.91. The second-order valence-corrected chi connectivity index (χ2v) is 6.02. The monoisotopic (exact) mass is 260 g/mol. The van der Waals surface area contributed by atoms with E-state index in [1.807, 2.05) is 11.8 Å². The average Bonchev–Trinajstić information content (AvgIpc) is 2.35. The number of nitrogens with zero attached hydrogens (tertiary/aromatic N) is 1. The van der Waals surface area contributed by atoms with Crippen molar-refractivity contribution in [3.63, 3.8) is 0 Å². The van der Waals surface area contributed by atoms with Crippen LogP contribution in [0.3, 0.4) is 0 Å². The average molecular weight is 260 g/mol. The molecule has 0 aromatic heterocycles. The van der Waals surface area contributed by atoms with Crippen LogP contribution in [0.2, 0.25) is 0 Å². The summed E-state index contributed by atoms with van der Waals surface area (Å²) in [6, 6.07) is 1.23. The number of rotatable bonds is 11. The summed E-state index contributed by atoms with van der Waals surface area (Å²) in [6.45, 7) is 5.38. The molecular formula is C14H32N2S. The molecule has 0 aliphatic rings. The quantitative estimate of drug-likeness (QED) is 0.578. The molecule has 2 N–H and O–H groups in total. The Labute approximate surface area is 113 Å². The van der Waals surface area contributed by atoms with E-state index in [-0.39, 0.29) is 0 Å². The molecule has 0 rings (SSSR count). The fraction of sp³-hybridized carbons (Fsp3) is 1.00. The number of nitrogens with two attached hydrogens (primary N) is 1. The zero-order valence-electron chi connectivity index (χ0n) is 12.2. The normalized spacial score (nSPS) is 15.2. The molecule has 0 fully saturated rings. The second kappa shape index (κ2) is 11.4. The number of likely N-dealkylation sites (N-methyl/N-ethyl adjacent to an activating group) is 1. The van der Waals surface area contributed by atoms with Gasteiger partial charge in [0.15, 0.2) is 0 Å². The minimum absolute atomic E-state index is 0.573. The Morgan fingerprint density at radius 2 is 1.88 bits per heavy atom. The number of hydrogen-bond donors (Lipinski definition) is 1. The molecule has 0 aromatic rings. The molecule has 0 bridgehead atoms. The van der Waals surface area contributed by atoms with Crippen LogP contribution < -0.4 is 5.73 Å². The Kier molecular flexibility index (Phi) is 11.5. The first-order chi connectivity index (χ1) is 8.17. The minimum Gasteiger partial charge on any atom is -0.329 e. The van der Waals surface area contributed by atoms with Crippen molar-refractivity contribution in [1.82, 2.24) is 4.90 Å². The van der Waals surface area contributed by atoms with Gasteiger partial charge in [0.05, 0.1) is 0 Å². The Morgan fingerprint density at radius 1 is 1.18 bits per heavy atom. The van der Waals surface area contributed by atoms with Crippen molar-refractivity contribution >= 4 is 11.8 Å². The molecular weight excluding hydrogens is 228 g/mol. The van der Waals surface area contributed by atoms with Crippen LogP contribution in [0.15, 0.2) is 0 Å². The SMILES string of the molecule is CCCCCCC(CN)N(C)C(C)CCSC. The summed E-state index contributed by atoms with van der Waals surface area (Å²) < 4.78 is 0. The molecule has 0 spiro atoms. The van der Waals surface area contributed by atoms with E-state index >= 15 is 0 Å². The molecule has 0 heterocycles. The van der Waals surface area contributed by atoms with Gasteiger partial charge in [0.2, 0.25) is 0 Å². The van der Waals surface area contributed by atoms with Crippen LogP contribution in [0.1, 0.15) is 52.4 Å². The lowest BCUT2D eigenvalue weighted by molar-refractivity contribution is 0.173. The fourth-order valence-corrected chi connectivity index (χ4v) is 2.72. The van der Waals surface area contributed by atoms with E-state index in [1.54, 1.807) is 0 Å². The minimum atomic E-state index is 0.573. The summed E-state index contributed by atoms with van der Waals surface area (Å²) in [7, 11) is 2.24. The highest BCUT2D eigenvalue weighted by atomic mass is 32.2.